The first-order valence-corrected chi connectivity index (χ1v) is 9.03. The summed E-state index contributed by atoms with van der Waals surface area (Å²) in [5, 5.41) is 3.18. The van der Waals surface area contributed by atoms with Crippen LogP contribution in [0.15, 0.2) is 30.3 Å². The van der Waals surface area contributed by atoms with Crippen LogP contribution in [0.1, 0.15) is 25.7 Å². The molecule has 2 saturated heterocycles. The molecule has 3 rings (SSSR count). The lowest BCUT2D eigenvalue weighted by molar-refractivity contribution is -0.127. The summed E-state index contributed by atoms with van der Waals surface area (Å²) < 4.78 is 0. The number of benzene rings is 1. The molecule has 1 aromatic carbocycles. The lowest BCUT2D eigenvalue weighted by atomic mass is 10.0. The van der Waals surface area contributed by atoms with Gasteiger partial charge in [-0.3, -0.25) is 9.69 Å². The summed E-state index contributed by atoms with van der Waals surface area (Å²) in [5.41, 5.74) is 1.28. The van der Waals surface area contributed by atoms with E-state index in [1.54, 1.807) is 0 Å². The molecule has 2 unspecified atom stereocenters. The van der Waals surface area contributed by atoms with Gasteiger partial charge in [0, 0.05) is 25.3 Å². The molecule has 0 bridgehead atoms. The van der Waals surface area contributed by atoms with Crippen LogP contribution in [0.2, 0.25) is 0 Å². The van der Waals surface area contributed by atoms with Gasteiger partial charge in [-0.25, -0.2) is 0 Å². The Labute approximate surface area is 145 Å². The quantitative estimate of drug-likeness (QED) is 0.842. The molecule has 2 aliphatic heterocycles. The first-order valence-electron chi connectivity index (χ1n) is 9.03. The zero-order valence-electron chi connectivity index (χ0n) is 14.3. The van der Waals surface area contributed by atoms with Gasteiger partial charge in [0.1, 0.15) is 0 Å². The van der Waals surface area contributed by atoms with Gasteiger partial charge in [-0.05, 0) is 43.9 Å². The van der Waals surface area contributed by atoms with E-state index in [4.69, 9.17) is 6.42 Å². The average molecular weight is 325 g/mol. The predicted octanol–water partition coefficient (Wildman–Crippen LogP) is 2.12. The molecule has 2 fully saturated rings. The maximum Gasteiger partial charge on any atom is 0.237 e. The Kier molecular flexibility index (Phi) is 5.77. The van der Waals surface area contributed by atoms with Crippen LogP contribution in [0, 0.1) is 18.3 Å². The minimum absolute atomic E-state index is 0.0403. The molecular formula is C20H27N3O. The summed E-state index contributed by atoms with van der Waals surface area (Å²) >= 11 is 0. The fourth-order valence-corrected chi connectivity index (χ4v) is 3.83. The number of para-hydroxylation sites is 1. The van der Waals surface area contributed by atoms with E-state index in [1.807, 2.05) is 6.07 Å². The van der Waals surface area contributed by atoms with Gasteiger partial charge in [-0.2, -0.15) is 0 Å². The largest absolute Gasteiger partial charge is 0.371 e. The van der Waals surface area contributed by atoms with Crippen LogP contribution < -0.4 is 10.2 Å². The second kappa shape index (κ2) is 8.21. The molecular weight excluding hydrogens is 298 g/mol. The number of carbonyl (C=O) groups excluding carboxylic acids is 1. The molecule has 2 aliphatic rings. The van der Waals surface area contributed by atoms with Crippen LogP contribution in [0.5, 0.6) is 0 Å². The van der Waals surface area contributed by atoms with Crippen molar-refractivity contribution in [1.82, 2.24) is 10.2 Å². The van der Waals surface area contributed by atoms with Gasteiger partial charge >= 0.3 is 0 Å². The van der Waals surface area contributed by atoms with Gasteiger partial charge in [-0.15, -0.1) is 6.42 Å². The summed E-state index contributed by atoms with van der Waals surface area (Å²) in [5.74, 6) is 3.37. The molecule has 4 nitrogen and oxygen atoms in total. The molecule has 0 aliphatic carbocycles. The van der Waals surface area contributed by atoms with Crippen molar-refractivity contribution in [3.05, 3.63) is 30.3 Å². The summed E-state index contributed by atoms with van der Waals surface area (Å²) in [6.07, 6.45) is 9.75. The molecule has 24 heavy (non-hydrogen) atoms. The monoisotopic (exact) mass is 325 g/mol. The minimum Gasteiger partial charge on any atom is -0.371 e. The molecule has 1 amide bonds. The number of amides is 1. The van der Waals surface area contributed by atoms with Crippen LogP contribution in [0.3, 0.4) is 0 Å². The SMILES string of the molecule is C#CCN1CCCCC1C(=O)NCC1CCN(c2ccccc2)C1. The third-order valence-corrected chi connectivity index (χ3v) is 5.18. The number of piperidine rings is 1. The first kappa shape index (κ1) is 16.9. The number of nitrogens with one attached hydrogen (secondary N) is 1. The van der Waals surface area contributed by atoms with Gasteiger partial charge in [-0.1, -0.05) is 30.5 Å². The molecule has 0 radical (unpaired) electrons. The molecule has 4 heteroatoms. The number of likely N-dealkylation sites (tertiary alicyclic amines) is 1. The topological polar surface area (TPSA) is 35.6 Å². The predicted molar refractivity (Wildman–Crippen MR) is 97.8 cm³/mol. The van der Waals surface area contributed by atoms with E-state index in [9.17, 15) is 4.79 Å². The highest BCUT2D eigenvalue weighted by atomic mass is 16.2. The van der Waals surface area contributed by atoms with E-state index in [0.29, 0.717) is 12.5 Å². The zero-order chi connectivity index (χ0) is 16.8. The lowest BCUT2D eigenvalue weighted by Gasteiger charge is -2.33. The van der Waals surface area contributed by atoms with E-state index >= 15 is 0 Å². The Hall–Kier alpha value is -1.99. The normalized spacial score (nSPS) is 24.5. The number of anilines is 1. The first-order chi connectivity index (χ1) is 11.8. The van der Waals surface area contributed by atoms with Crippen LogP contribution in [0.25, 0.3) is 0 Å². The Morgan fingerprint density at radius 1 is 1.21 bits per heavy atom. The van der Waals surface area contributed by atoms with Crippen LogP contribution >= 0.6 is 0 Å². The fourth-order valence-electron chi connectivity index (χ4n) is 3.83. The standard InChI is InChI=1S/C20H27N3O/c1-2-12-22-13-7-6-10-19(22)20(24)21-15-17-11-14-23(16-17)18-8-4-3-5-9-18/h1,3-5,8-9,17,19H,6-7,10-16H2,(H,21,24). The van der Waals surface area contributed by atoms with Gasteiger partial charge in [0.05, 0.1) is 12.6 Å². The van der Waals surface area contributed by atoms with Gasteiger partial charge in [0.2, 0.25) is 5.91 Å². The third-order valence-electron chi connectivity index (χ3n) is 5.18. The van der Waals surface area contributed by atoms with Crippen molar-refractivity contribution >= 4 is 11.6 Å². The summed E-state index contributed by atoms with van der Waals surface area (Å²) in [4.78, 5) is 17.1. The number of terminal acetylenes is 1. The van der Waals surface area contributed by atoms with Crippen molar-refractivity contribution in [3.8, 4) is 12.3 Å². The Morgan fingerprint density at radius 3 is 2.83 bits per heavy atom. The highest BCUT2D eigenvalue weighted by Crippen LogP contribution is 2.23. The Balaban J connectivity index is 1.47. The minimum atomic E-state index is -0.0403. The molecule has 128 valence electrons. The summed E-state index contributed by atoms with van der Waals surface area (Å²) in [6.45, 7) is 4.36. The zero-order valence-corrected chi connectivity index (χ0v) is 14.3. The van der Waals surface area contributed by atoms with E-state index < -0.39 is 0 Å². The van der Waals surface area contributed by atoms with Gasteiger partial charge in [0.15, 0.2) is 0 Å². The van der Waals surface area contributed by atoms with Crippen molar-refractivity contribution < 1.29 is 4.79 Å². The average Bonchev–Trinajstić information content (AvgIpc) is 3.10. The summed E-state index contributed by atoms with van der Waals surface area (Å²) in [6, 6.07) is 10.5. The van der Waals surface area contributed by atoms with Gasteiger partial charge < -0.3 is 10.2 Å². The molecule has 1 aromatic rings. The van der Waals surface area contributed by atoms with Crippen molar-refractivity contribution in [1.29, 1.82) is 0 Å². The van der Waals surface area contributed by atoms with Crippen molar-refractivity contribution in [2.75, 3.05) is 37.6 Å². The maximum atomic E-state index is 12.6. The highest BCUT2D eigenvalue weighted by molar-refractivity contribution is 5.81. The molecule has 2 heterocycles. The molecule has 1 N–H and O–H groups in total. The fraction of sp³-hybridized carbons (Fsp3) is 0.550. The van der Waals surface area contributed by atoms with E-state index in [1.165, 1.54) is 5.69 Å². The van der Waals surface area contributed by atoms with E-state index in [-0.39, 0.29) is 11.9 Å². The van der Waals surface area contributed by atoms with Crippen molar-refractivity contribution in [2.45, 2.75) is 31.7 Å². The smallest absolute Gasteiger partial charge is 0.237 e. The second-order valence-electron chi connectivity index (χ2n) is 6.87. The third kappa shape index (κ3) is 4.10. The van der Waals surface area contributed by atoms with Crippen molar-refractivity contribution in [3.63, 3.8) is 0 Å². The summed E-state index contributed by atoms with van der Waals surface area (Å²) in [7, 11) is 0. The number of hydrogen-bond acceptors (Lipinski definition) is 3. The van der Waals surface area contributed by atoms with E-state index in [0.717, 1.165) is 51.9 Å². The van der Waals surface area contributed by atoms with E-state index in [2.05, 4.69) is 45.3 Å². The number of hydrogen-bond donors (Lipinski definition) is 1. The van der Waals surface area contributed by atoms with Crippen LogP contribution in [-0.4, -0.2) is 49.6 Å². The lowest BCUT2D eigenvalue weighted by Crippen LogP contribution is -2.50. The number of carbonyl (C=O) groups is 1. The van der Waals surface area contributed by atoms with Crippen LogP contribution in [0.4, 0.5) is 5.69 Å². The van der Waals surface area contributed by atoms with Crippen LogP contribution in [-0.2, 0) is 4.79 Å². The molecule has 0 saturated carbocycles. The Morgan fingerprint density at radius 2 is 2.04 bits per heavy atom. The van der Waals surface area contributed by atoms with Crippen molar-refractivity contribution in [2.24, 2.45) is 5.92 Å². The number of nitrogens with zero attached hydrogens (tertiary/aromatic N) is 2. The number of rotatable bonds is 5. The highest BCUT2D eigenvalue weighted by Gasteiger charge is 2.29. The van der Waals surface area contributed by atoms with Gasteiger partial charge in [0.25, 0.3) is 0 Å². The molecule has 0 spiro atoms. The molecule has 0 aromatic heterocycles. The Bertz CT molecular complexity index is 580. The second-order valence-corrected chi connectivity index (χ2v) is 6.87. The molecule has 2 atom stereocenters. The maximum absolute atomic E-state index is 12.6.